The van der Waals surface area contributed by atoms with E-state index in [1.807, 2.05) is 6.92 Å². The van der Waals surface area contributed by atoms with Gasteiger partial charge in [0.1, 0.15) is 0 Å². The van der Waals surface area contributed by atoms with Crippen LogP contribution in [0.5, 0.6) is 0 Å². The van der Waals surface area contributed by atoms with Crippen LogP contribution in [0.15, 0.2) is 0 Å². The largest absolute Gasteiger partial charge is 0.356 e. The summed E-state index contributed by atoms with van der Waals surface area (Å²) >= 11 is 0. The molecule has 0 spiro atoms. The zero-order valence-electron chi connectivity index (χ0n) is 7.22. The molecule has 0 fully saturated rings. The van der Waals surface area contributed by atoms with Crippen LogP contribution in [0.2, 0.25) is 0 Å². The Bertz CT molecular complexity index is 64.3. The Balaban J connectivity index is 2.89. The van der Waals surface area contributed by atoms with Gasteiger partial charge in [0.2, 0.25) is 0 Å². The molecule has 0 aromatic rings. The molecular formula is C8H18O2. The van der Waals surface area contributed by atoms with Crippen LogP contribution in [0.3, 0.4) is 0 Å². The summed E-state index contributed by atoms with van der Waals surface area (Å²) in [5.74, 6) is 0. The van der Waals surface area contributed by atoms with E-state index in [0.717, 1.165) is 13.0 Å². The number of unbranched alkanes of at least 4 members (excludes halogenated alkanes) is 2. The first-order chi connectivity index (χ1) is 4.81. The van der Waals surface area contributed by atoms with Crippen LogP contribution in [0, 0.1) is 0 Å². The molecule has 0 aromatic carbocycles. The molecule has 2 heteroatoms. The first-order valence-corrected chi connectivity index (χ1v) is 3.95. The standard InChI is InChI=1S/C8H18O2/c1-4-5-6-7-10-8(2)9-3/h8H,4-7H2,1-3H3. The van der Waals surface area contributed by atoms with E-state index < -0.39 is 0 Å². The van der Waals surface area contributed by atoms with Crippen LogP contribution in [0.4, 0.5) is 0 Å². The lowest BCUT2D eigenvalue weighted by molar-refractivity contribution is -0.111. The maximum absolute atomic E-state index is 5.27. The highest BCUT2D eigenvalue weighted by Gasteiger charge is 1.95. The Morgan fingerprint density at radius 2 is 2.00 bits per heavy atom. The Labute approximate surface area is 63.5 Å². The zero-order valence-corrected chi connectivity index (χ0v) is 7.22. The molecular weight excluding hydrogens is 128 g/mol. The van der Waals surface area contributed by atoms with E-state index in [-0.39, 0.29) is 6.29 Å². The van der Waals surface area contributed by atoms with Gasteiger partial charge in [-0.3, -0.25) is 0 Å². The van der Waals surface area contributed by atoms with Gasteiger partial charge in [-0.1, -0.05) is 19.8 Å². The highest BCUT2D eigenvalue weighted by molar-refractivity contribution is 4.36. The third-order valence-electron chi connectivity index (χ3n) is 1.43. The molecule has 0 amide bonds. The lowest BCUT2D eigenvalue weighted by Gasteiger charge is -2.09. The quantitative estimate of drug-likeness (QED) is 0.422. The van der Waals surface area contributed by atoms with Crippen LogP contribution < -0.4 is 0 Å². The molecule has 0 saturated heterocycles. The van der Waals surface area contributed by atoms with Crippen molar-refractivity contribution in [1.82, 2.24) is 0 Å². The van der Waals surface area contributed by atoms with E-state index in [1.165, 1.54) is 12.8 Å². The summed E-state index contributed by atoms with van der Waals surface area (Å²) in [5.41, 5.74) is 0. The Morgan fingerprint density at radius 1 is 1.30 bits per heavy atom. The maximum Gasteiger partial charge on any atom is 0.154 e. The highest BCUT2D eigenvalue weighted by atomic mass is 16.7. The van der Waals surface area contributed by atoms with Crippen LogP contribution in [-0.4, -0.2) is 20.0 Å². The smallest absolute Gasteiger partial charge is 0.154 e. The van der Waals surface area contributed by atoms with E-state index in [9.17, 15) is 0 Å². The van der Waals surface area contributed by atoms with Gasteiger partial charge in [-0.25, -0.2) is 0 Å². The molecule has 0 aliphatic carbocycles. The summed E-state index contributed by atoms with van der Waals surface area (Å²) in [4.78, 5) is 0. The molecule has 0 N–H and O–H groups in total. The number of hydrogen-bond acceptors (Lipinski definition) is 2. The van der Waals surface area contributed by atoms with Crippen molar-refractivity contribution >= 4 is 0 Å². The van der Waals surface area contributed by atoms with Crippen LogP contribution >= 0.6 is 0 Å². The van der Waals surface area contributed by atoms with Crippen LogP contribution in [0.1, 0.15) is 33.1 Å². The van der Waals surface area contributed by atoms with Gasteiger partial charge in [-0.15, -0.1) is 0 Å². The van der Waals surface area contributed by atoms with Crippen molar-refractivity contribution in [1.29, 1.82) is 0 Å². The first kappa shape index (κ1) is 9.92. The van der Waals surface area contributed by atoms with Crippen LogP contribution in [0.25, 0.3) is 0 Å². The van der Waals surface area contributed by atoms with Crippen molar-refractivity contribution in [2.75, 3.05) is 13.7 Å². The molecule has 0 heterocycles. The number of rotatable bonds is 6. The van der Waals surface area contributed by atoms with Gasteiger partial charge in [0.25, 0.3) is 0 Å². The van der Waals surface area contributed by atoms with Gasteiger partial charge in [0.05, 0.1) is 0 Å². The van der Waals surface area contributed by atoms with Crippen molar-refractivity contribution in [2.24, 2.45) is 0 Å². The topological polar surface area (TPSA) is 18.5 Å². The molecule has 0 aromatic heterocycles. The fourth-order valence-electron chi connectivity index (χ4n) is 0.669. The molecule has 0 rings (SSSR count). The second kappa shape index (κ2) is 7.03. The molecule has 0 bridgehead atoms. The Kier molecular flexibility index (Phi) is 6.98. The minimum atomic E-state index is -0.0446. The minimum absolute atomic E-state index is 0.0446. The number of methoxy groups -OCH3 is 1. The maximum atomic E-state index is 5.27. The number of hydrogen-bond donors (Lipinski definition) is 0. The summed E-state index contributed by atoms with van der Waals surface area (Å²) < 4.78 is 10.2. The average molecular weight is 146 g/mol. The number of ether oxygens (including phenoxy) is 2. The predicted molar refractivity (Wildman–Crippen MR) is 41.9 cm³/mol. The monoisotopic (exact) mass is 146 g/mol. The van der Waals surface area contributed by atoms with Crippen molar-refractivity contribution in [3.05, 3.63) is 0 Å². The zero-order chi connectivity index (χ0) is 7.82. The normalized spacial score (nSPS) is 13.5. The predicted octanol–water partition coefficient (Wildman–Crippen LogP) is 2.19. The van der Waals surface area contributed by atoms with Crippen molar-refractivity contribution in [2.45, 2.75) is 39.4 Å². The average Bonchev–Trinajstić information content (AvgIpc) is 1.98. The van der Waals surface area contributed by atoms with Crippen molar-refractivity contribution in [3.8, 4) is 0 Å². The van der Waals surface area contributed by atoms with E-state index in [1.54, 1.807) is 7.11 Å². The van der Waals surface area contributed by atoms with Gasteiger partial charge in [-0.2, -0.15) is 0 Å². The third kappa shape index (κ3) is 6.05. The molecule has 0 radical (unpaired) electrons. The van der Waals surface area contributed by atoms with E-state index in [2.05, 4.69) is 6.92 Å². The summed E-state index contributed by atoms with van der Waals surface area (Å²) in [6.07, 6.45) is 3.59. The van der Waals surface area contributed by atoms with Gasteiger partial charge in [0, 0.05) is 13.7 Å². The second-order valence-corrected chi connectivity index (χ2v) is 2.38. The molecule has 0 aliphatic heterocycles. The van der Waals surface area contributed by atoms with E-state index >= 15 is 0 Å². The Hall–Kier alpha value is -0.0800. The van der Waals surface area contributed by atoms with Crippen molar-refractivity contribution < 1.29 is 9.47 Å². The van der Waals surface area contributed by atoms with Crippen LogP contribution in [-0.2, 0) is 9.47 Å². The van der Waals surface area contributed by atoms with Gasteiger partial charge in [0.15, 0.2) is 6.29 Å². The SMILES string of the molecule is CCCCCOC(C)OC. The lowest BCUT2D eigenvalue weighted by Crippen LogP contribution is -2.10. The third-order valence-corrected chi connectivity index (χ3v) is 1.43. The molecule has 1 unspecified atom stereocenters. The Morgan fingerprint density at radius 3 is 2.50 bits per heavy atom. The molecule has 0 aliphatic rings. The van der Waals surface area contributed by atoms with Gasteiger partial charge in [-0.05, 0) is 13.3 Å². The lowest BCUT2D eigenvalue weighted by atomic mass is 10.3. The summed E-state index contributed by atoms with van der Waals surface area (Å²) in [6.45, 7) is 4.91. The fourth-order valence-corrected chi connectivity index (χ4v) is 0.669. The van der Waals surface area contributed by atoms with Crippen molar-refractivity contribution in [3.63, 3.8) is 0 Å². The molecule has 0 saturated carbocycles. The van der Waals surface area contributed by atoms with E-state index in [4.69, 9.17) is 9.47 Å². The van der Waals surface area contributed by atoms with Gasteiger partial charge < -0.3 is 9.47 Å². The summed E-state index contributed by atoms with van der Waals surface area (Å²) in [5, 5.41) is 0. The first-order valence-electron chi connectivity index (χ1n) is 3.95. The molecule has 2 nitrogen and oxygen atoms in total. The summed E-state index contributed by atoms with van der Waals surface area (Å²) in [6, 6.07) is 0. The molecule has 62 valence electrons. The molecule has 1 atom stereocenters. The molecule has 10 heavy (non-hydrogen) atoms. The second-order valence-electron chi connectivity index (χ2n) is 2.38. The summed E-state index contributed by atoms with van der Waals surface area (Å²) in [7, 11) is 1.66. The van der Waals surface area contributed by atoms with E-state index in [0.29, 0.717) is 0 Å². The highest BCUT2D eigenvalue weighted by Crippen LogP contribution is 1.97. The van der Waals surface area contributed by atoms with Gasteiger partial charge >= 0.3 is 0 Å². The fraction of sp³-hybridized carbons (Fsp3) is 1.00. The minimum Gasteiger partial charge on any atom is -0.356 e.